The minimum Gasteiger partial charge on any atom is -0.478 e. The fourth-order valence-electron chi connectivity index (χ4n) is 2.93. The highest BCUT2D eigenvalue weighted by molar-refractivity contribution is 7.10. The summed E-state index contributed by atoms with van der Waals surface area (Å²) in [7, 11) is 0. The number of imidazole rings is 1. The van der Waals surface area contributed by atoms with Gasteiger partial charge in [-0.05, 0) is 23.6 Å². The Morgan fingerprint density at radius 2 is 2.07 bits per heavy atom. The second-order valence-corrected chi connectivity index (χ2v) is 8.75. The Kier molecular flexibility index (Phi) is 5.75. The van der Waals surface area contributed by atoms with Crippen LogP contribution in [-0.2, 0) is 16.8 Å². The average Bonchev–Trinajstić information content (AvgIpc) is 3.33. The van der Waals surface area contributed by atoms with Crippen molar-refractivity contribution in [2.75, 3.05) is 0 Å². The van der Waals surface area contributed by atoms with Gasteiger partial charge in [-0.1, -0.05) is 33.4 Å². The van der Waals surface area contributed by atoms with Crippen LogP contribution in [0.4, 0.5) is 0 Å². The van der Waals surface area contributed by atoms with E-state index in [-0.39, 0.29) is 28.2 Å². The number of hydrogen-bond donors (Lipinski definition) is 3. The van der Waals surface area contributed by atoms with Crippen molar-refractivity contribution in [2.24, 2.45) is 0 Å². The highest BCUT2D eigenvalue weighted by Gasteiger charge is 2.19. The zero-order valence-corrected chi connectivity index (χ0v) is 17.7. The molecule has 0 bridgehead atoms. The van der Waals surface area contributed by atoms with E-state index in [0.717, 1.165) is 15.1 Å². The van der Waals surface area contributed by atoms with E-state index in [1.807, 2.05) is 32.2 Å². The molecule has 0 unspecified atom stereocenters. The Hall–Kier alpha value is -3.46. The number of aromatic nitrogens is 4. The zero-order valence-electron chi connectivity index (χ0n) is 16.9. The van der Waals surface area contributed by atoms with Crippen molar-refractivity contribution in [3.63, 3.8) is 0 Å². The van der Waals surface area contributed by atoms with Crippen LogP contribution in [-0.4, -0.2) is 30.6 Å². The lowest BCUT2D eigenvalue weighted by atomic mass is 9.90. The van der Waals surface area contributed by atoms with Crippen molar-refractivity contribution in [3.05, 3.63) is 83.7 Å². The van der Waals surface area contributed by atoms with Crippen LogP contribution in [0.1, 0.15) is 37.0 Å². The maximum Gasteiger partial charge on any atom is 0.332 e. The standard InChI is InChI=1S/C21H22N4O4S/c1-12(20(28)29)10-25-16(8-13-6-5-7-30-13)18(26)24-15(19(25)27)9-14-17(21(2,3)4)23-11-22-14/h5-9,11H,1,10H2,2-4H3,(H,22,23)(H,24,26)(H,28,29)/b15-9-,16-8-. The first-order valence-corrected chi connectivity index (χ1v) is 10.0. The van der Waals surface area contributed by atoms with Crippen molar-refractivity contribution < 1.29 is 9.90 Å². The molecule has 0 aliphatic carbocycles. The molecule has 0 saturated heterocycles. The maximum atomic E-state index is 13.2. The summed E-state index contributed by atoms with van der Waals surface area (Å²) < 4.78 is 1.13. The van der Waals surface area contributed by atoms with Gasteiger partial charge >= 0.3 is 5.97 Å². The van der Waals surface area contributed by atoms with Crippen molar-refractivity contribution in [2.45, 2.75) is 32.7 Å². The highest BCUT2D eigenvalue weighted by Crippen LogP contribution is 2.22. The normalized spacial score (nSPS) is 13.0. The van der Waals surface area contributed by atoms with Crippen molar-refractivity contribution in [1.82, 2.24) is 19.5 Å². The summed E-state index contributed by atoms with van der Waals surface area (Å²) in [5, 5.41) is 11.1. The summed E-state index contributed by atoms with van der Waals surface area (Å²) in [6.07, 6.45) is 4.57. The molecule has 30 heavy (non-hydrogen) atoms. The molecular formula is C21H22N4O4S. The van der Waals surface area contributed by atoms with Gasteiger partial charge in [-0.3, -0.25) is 14.2 Å². The molecule has 3 aromatic heterocycles. The number of carbonyl (C=O) groups is 1. The number of aliphatic carboxylic acids is 1. The summed E-state index contributed by atoms with van der Waals surface area (Å²) in [4.78, 5) is 48.0. The fourth-order valence-corrected chi connectivity index (χ4v) is 3.58. The van der Waals surface area contributed by atoms with E-state index in [1.54, 1.807) is 12.1 Å². The monoisotopic (exact) mass is 426 g/mol. The predicted molar refractivity (Wildman–Crippen MR) is 116 cm³/mol. The largest absolute Gasteiger partial charge is 0.478 e. The fraction of sp³-hybridized carbons (Fsp3) is 0.238. The Balaban J connectivity index is 2.31. The lowest BCUT2D eigenvalue weighted by molar-refractivity contribution is -0.132. The molecule has 9 heteroatoms. The minimum atomic E-state index is -1.24. The Labute approximate surface area is 175 Å². The summed E-state index contributed by atoms with van der Waals surface area (Å²) in [5.41, 5.74) is -0.188. The molecule has 8 nitrogen and oxygen atoms in total. The quantitative estimate of drug-likeness (QED) is 0.524. The van der Waals surface area contributed by atoms with Gasteiger partial charge in [-0.2, -0.15) is 0 Å². The number of nitrogens with zero attached hydrogens (tertiary/aromatic N) is 2. The third-order valence-corrected chi connectivity index (χ3v) is 5.24. The first-order chi connectivity index (χ1) is 14.1. The number of nitrogens with one attached hydrogen (secondary N) is 2. The third kappa shape index (κ3) is 4.41. The number of thiophene rings is 1. The van der Waals surface area contributed by atoms with Gasteiger partial charge in [0.15, 0.2) is 0 Å². The van der Waals surface area contributed by atoms with Gasteiger partial charge < -0.3 is 15.1 Å². The van der Waals surface area contributed by atoms with Crippen LogP contribution in [0.3, 0.4) is 0 Å². The van der Waals surface area contributed by atoms with Crippen LogP contribution in [0.5, 0.6) is 0 Å². The number of carboxylic acid groups (broad SMARTS) is 1. The molecule has 3 N–H and O–H groups in total. The molecular weight excluding hydrogens is 404 g/mol. The number of hydrogen-bond acceptors (Lipinski definition) is 5. The topological polar surface area (TPSA) is 121 Å². The Morgan fingerprint density at radius 1 is 1.33 bits per heavy atom. The predicted octanol–water partition coefficient (Wildman–Crippen LogP) is 0.917. The second kappa shape index (κ2) is 8.11. The molecule has 0 amide bonds. The van der Waals surface area contributed by atoms with E-state index < -0.39 is 17.1 Å². The molecule has 0 aliphatic rings. The van der Waals surface area contributed by atoms with E-state index in [0.29, 0.717) is 5.69 Å². The van der Waals surface area contributed by atoms with Crippen LogP contribution < -0.4 is 21.8 Å². The van der Waals surface area contributed by atoms with Gasteiger partial charge in [0.05, 0.1) is 18.6 Å². The third-order valence-electron chi connectivity index (χ3n) is 4.42. The molecule has 3 rings (SSSR count). The molecule has 0 atom stereocenters. The first kappa shape index (κ1) is 21.3. The van der Waals surface area contributed by atoms with E-state index in [9.17, 15) is 19.5 Å². The minimum absolute atomic E-state index is 0.0131. The smallest absolute Gasteiger partial charge is 0.332 e. The van der Waals surface area contributed by atoms with E-state index in [2.05, 4.69) is 21.5 Å². The van der Waals surface area contributed by atoms with Gasteiger partial charge in [0.1, 0.15) is 10.7 Å². The molecule has 0 fully saturated rings. The SMILES string of the molecule is C=C(Cn1c(=O)/c(=C/c2nc[nH]c2C(C)(C)C)[nH]c(=O)/c1=C/c1cccs1)C(=O)O. The van der Waals surface area contributed by atoms with E-state index in [4.69, 9.17) is 0 Å². The van der Waals surface area contributed by atoms with E-state index >= 15 is 0 Å². The first-order valence-electron chi connectivity index (χ1n) is 9.13. The van der Waals surface area contributed by atoms with Crippen LogP contribution in [0.25, 0.3) is 12.2 Å². The number of rotatable bonds is 5. The molecule has 0 aromatic carbocycles. The van der Waals surface area contributed by atoms with Crippen LogP contribution >= 0.6 is 11.3 Å². The van der Waals surface area contributed by atoms with Gasteiger partial charge in [-0.25, -0.2) is 9.78 Å². The van der Waals surface area contributed by atoms with Gasteiger partial charge in [0, 0.05) is 21.6 Å². The van der Waals surface area contributed by atoms with Crippen LogP contribution in [0.15, 0.2) is 45.6 Å². The van der Waals surface area contributed by atoms with Crippen LogP contribution in [0.2, 0.25) is 0 Å². The maximum absolute atomic E-state index is 13.2. The lowest BCUT2D eigenvalue weighted by Crippen LogP contribution is -2.53. The number of H-pyrrole nitrogens is 2. The summed E-state index contributed by atoms with van der Waals surface area (Å²) >= 11 is 1.39. The van der Waals surface area contributed by atoms with Crippen molar-refractivity contribution >= 4 is 29.5 Å². The van der Waals surface area contributed by atoms with E-state index in [1.165, 1.54) is 23.7 Å². The van der Waals surface area contributed by atoms with Gasteiger partial charge in [0.2, 0.25) is 0 Å². The van der Waals surface area contributed by atoms with Gasteiger partial charge in [-0.15, -0.1) is 11.3 Å². The molecule has 3 heterocycles. The highest BCUT2D eigenvalue weighted by atomic mass is 32.1. The van der Waals surface area contributed by atoms with Crippen molar-refractivity contribution in [1.29, 1.82) is 0 Å². The summed E-state index contributed by atoms with van der Waals surface area (Å²) in [5.74, 6) is -1.24. The molecule has 156 valence electrons. The second-order valence-electron chi connectivity index (χ2n) is 7.77. The zero-order chi connectivity index (χ0) is 22.1. The average molecular weight is 426 g/mol. The van der Waals surface area contributed by atoms with Crippen molar-refractivity contribution in [3.8, 4) is 0 Å². The van der Waals surface area contributed by atoms with Gasteiger partial charge in [0.25, 0.3) is 11.1 Å². The summed E-state index contributed by atoms with van der Waals surface area (Å²) in [6, 6.07) is 3.61. The Morgan fingerprint density at radius 3 is 2.67 bits per heavy atom. The lowest BCUT2D eigenvalue weighted by Gasteiger charge is -2.17. The number of carboxylic acids is 1. The van der Waals surface area contributed by atoms with Crippen LogP contribution in [0, 0.1) is 0 Å². The molecule has 0 radical (unpaired) electrons. The molecule has 0 saturated carbocycles. The summed E-state index contributed by atoms with van der Waals surface area (Å²) in [6.45, 7) is 9.17. The number of aromatic amines is 2. The molecule has 0 aliphatic heterocycles. The Bertz CT molecular complexity index is 1340. The molecule has 0 spiro atoms. The molecule has 3 aromatic rings.